The molecule has 0 unspecified atom stereocenters. The molecular formula is C19H22FN3O2. The third kappa shape index (κ3) is 4.26. The monoisotopic (exact) mass is 343 g/mol. The van der Waals surface area contributed by atoms with E-state index in [0.29, 0.717) is 24.4 Å². The molecule has 5 nitrogen and oxygen atoms in total. The van der Waals surface area contributed by atoms with E-state index >= 15 is 0 Å². The number of hydrogen-bond donors (Lipinski definition) is 2. The Labute approximate surface area is 145 Å². The number of hydrogen-bond acceptors (Lipinski definition) is 3. The lowest BCUT2D eigenvalue weighted by Gasteiger charge is -2.18. The van der Waals surface area contributed by atoms with E-state index in [0.717, 1.165) is 30.9 Å². The minimum absolute atomic E-state index is 0.221. The summed E-state index contributed by atoms with van der Waals surface area (Å²) in [5.74, 6) is -0.126. The number of carbonyl (C=O) groups is 1. The van der Waals surface area contributed by atoms with Crippen LogP contribution in [-0.2, 0) is 6.42 Å². The molecule has 2 aromatic rings. The van der Waals surface area contributed by atoms with Gasteiger partial charge in [0.25, 0.3) is 5.91 Å². The van der Waals surface area contributed by atoms with Gasteiger partial charge in [-0.15, -0.1) is 0 Å². The molecule has 1 saturated heterocycles. The van der Waals surface area contributed by atoms with Crippen molar-refractivity contribution in [1.82, 2.24) is 10.3 Å². The third-order valence-corrected chi connectivity index (χ3v) is 4.57. The van der Waals surface area contributed by atoms with E-state index in [2.05, 4.69) is 15.2 Å². The lowest BCUT2D eigenvalue weighted by molar-refractivity contribution is 0.0948. The summed E-state index contributed by atoms with van der Waals surface area (Å²) in [6.07, 6.45) is 1.64. The SMILES string of the molecule is CCc1cc(C(=O)NC[C@@H]2CCN(c3ccc(F)cc3)C2)cc(=O)[nH]1. The van der Waals surface area contributed by atoms with Gasteiger partial charge in [-0.25, -0.2) is 4.39 Å². The van der Waals surface area contributed by atoms with Crippen molar-refractivity contribution in [2.75, 3.05) is 24.5 Å². The van der Waals surface area contributed by atoms with E-state index in [-0.39, 0.29) is 17.3 Å². The zero-order chi connectivity index (χ0) is 17.8. The predicted molar refractivity (Wildman–Crippen MR) is 95.5 cm³/mol. The molecule has 132 valence electrons. The normalized spacial score (nSPS) is 16.9. The maximum Gasteiger partial charge on any atom is 0.251 e. The molecule has 1 aliphatic rings. The number of aromatic nitrogens is 1. The van der Waals surface area contributed by atoms with E-state index in [4.69, 9.17) is 0 Å². The van der Waals surface area contributed by atoms with E-state index in [1.54, 1.807) is 18.2 Å². The average Bonchev–Trinajstić information content (AvgIpc) is 3.08. The van der Waals surface area contributed by atoms with Gasteiger partial charge in [-0.1, -0.05) is 6.92 Å². The van der Waals surface area contributed by atoms with Gasteiger partial charge in [-0.2, -0.15) is 0 Å². The molecule has 1 amide bonds. The van der Waals surface area contributed by atoms with Crippen LogP contribution in [0.4, 0.5) is 10.1 Å². The number of halogens is 1. The number of nitrogens with zero attached hydrogens (tertiary/aromatic N) is 1. The van der Waals surface area contributed by atoms with E-state index in [1.165, 1.54) is 18.2 Å². The van der Waals surface area contributed by atoms with Gasteiger partial charge in [0.15, 0.2) is 0 Å². The number of pyridine rings is 1. The number of aromatic amines is 1. The first-order chi connectivity index (χ1) is 12.0. The van der Waals surface area contributed by atoms with Crippen molar-refractivity contribution >= 4 is 11.6 Å². The minimum atomic E-state index is -0.257. The van der Waals surface area contributed by atoms with Gasteiger partial charge in [0.2, 0.25) is 5.56 Å². The highest BCUT2D eigenvalue weighted by atomic mass is 19.1. The summed E-state index contributed by atoms with van der Waals surface area (Å²) in [7, 11) is 0. The molecule has 2 heterocycles. The number of carbonyl (C=O) groups excluding carboxylic acids is 1. The van der Waals surface area contributed by atoms with Crippen molar-refractivity contribution in [2.45, 2.75) is 19.8 Å². The van der Waals surface area contributed by atoms with Gasteiger partial charge >= 0.3 is 0 Å². The van der Waals surface area contributed by atoms with Gasteiger partial charge in [0.1, 0.15) is 5.82 Å². The van der Waals surface area contributed by atoms with Crippen LogP contribution in [0.15, 0.2) is 41.2 Å². The molecule has 1 aliphatic heterocycles. The standard InChI is InChI=1S/C19H22FN3O2/c1-2-16-9-14(10-18(24)22-16)19(25)21-11-13-7-8-23(12-13)17-5-3-15(20)4-6-17/h3-6,9-10,13H,2,7-8,11-12H2,1H3,(H,21,25)(H,22,24)/t13-/m0/s1. The van der Waals surface area contributed by atoms with Crippen molar-refractivity contribution in [3.8, 4) is 0 Å². The van der Waals surface area contributed by atoms with Crippen LogP contribution in [0.25, 0.3) is 0 Å². The Morgan fingerprint density at radius 1 is 1.32 bits per heavy atom. The fraction of sp³-hybridized carbons (Fsp3) is 0.368. The highest BCUT2D eigenvalue weighted by molar-refractivity contribution is 5.94. The molecule has 0 bridgehead atoms. The molecule has 25 heavy (non-hydrogen) atoms. The molecule has 0 aliphatic carbocycles. The van der Waals surface area contributed by atoms with Crippen LogP contribution >= 0.6 is 0 Å². The Bertz CT molecular complexity index is 801. The highest BCUT2D eigenvalue weighted by Gasteiger charge is 2.23. The van der Waals surface area contributed by atoms with Gasteiger partial charge in [0.05, 0.1) is 0 Å². The minimum Gasteiger partial charge on any atom is -0.371 e. The van der Waals surface area contributed by atoms with Gasteiger partial charge in [-0.05, 0) is 49.1 Å². The summed E-state index contributed by atoms with van der Waals surface area (Å²) in [5, 5.41) is 2.92. The molecule has 0 saturated carbocycles. The van der Waals surface area contributed by atoms with Crippen molar-refractivity contribution in [3.63, 3.8) is 0 Å². The Morgan fingerprint density at radius 3 is 2.80 bits per heavy atom. The largest absolute Gasteiger partial charge is 0.371 e. The lowest BCUT2D eigenvalue weighted by Crippen LogP contribution is -2.31. The van der Waals surface area contributed by atoms with Gasteiger partial charge < -0.3 is 15.2 Å². The first-order valence-electron chi connectivity index (χ1n) is 8.57. The summed E-state index contributed by atoms with van der Waals surface area (Å²) in [6, 6.07) is 9.52. The van der Waals surface area contributed by atoms with Crippen molar-refractivity contribution in [3.05, 3.63) is 63.8 Å². The zero-order valence-corrected chi connectivity index (χ0v) is 14.2. The molecule has 0 spiro atoms. The quantitative estimate of drug-likeness (QED) is 0.876. The van der Waals surface area contributed by atoms with Gasteiger partial charge in [0, 0.05) is 42.6 Å². The van der Waals surface area contributed by atoms with E-state index < -0.39 is 0 Å². The van der Waals surface area contributed by atoms with Crippen LogP contribution in [-0.4, -0.2) is 30.5 Å². The molecule has 2 N–H and O–H groups in total. The summed E-state index contributed by atoms with van der Waals surface area (Å²) in [6.45, 7) is 4.19. The Balaban J connectivity index is 1.55. The van der Waals surface area contributed by atoms with E-state index in [1.807, 2.05) is 6.92 Å². The van der Waals surface area contributed by atoms with Crippen LogP contribution < -0.4 is 15.8 Å². The Hall–Kier alpha value is -2.63. The Morgan fingerprint density at radius 2 is 2.08 bits per heavy atom. The lowest BCUT2D eigenvalue weighted by atomic mass is 10.1. The molecule has 1 fully saturated rings. The van der Waals surface area contributed by atoms with Crippen molar-refractivity contribution < 1.29 is 9.18 Å². The van der Waals surface area contributed by atoms with Crippen LogP contribution in [0.5, 0.6) is 0 Å². The number of nitrogens with one attached hydrogen (secondary N) is 2. The molecule has 6 heteroatoms. The number of rotatable bonds is 5. The molecule has 1 aromatic heterocycles. The van der Waals surface area contributed by atoms with Crippen molar-refractivity contribution in [2.24, 2.45) is 5.92 Å². The smallest absolute Gasteiger partial charge is 0.251 e. The average molecular weight is 343 g/mol. The van der Waals surface area contributed by atoms with Crippen LogP contribution in [0, 0.1) is 11.7 Å². The molecule has 0 radical (unpaired) electrons. The zero-order valence-electron chi connectivity index (χ0n) is 14.2. The maximum atomic E-state index is 13.0. The summed E-state index contributed by atoms with van der Waals surface area (Å²) < 4.78 is 13.0. The fourth-order valence-electron chi connectivity index (χ4n) is 3.15. The highest BCUT2D eigenvalue weighted by Crippen LogP contribution is 2.23. The fourth-order valence-corrected chi connectivity index (χ4v) is 3.15. The van der Waals surface area contributed by atoms with E-state index in [9.17, 15) is 14.0 Å². The first kappa shape index (κ1) is 17.2. The maximum absolute atomic E-state index is 13.0. The van der Waals surface area contributed by atoms with Crippen LogP contribution in [0.3, 0.4) is 0 Å². The summed E-state index contributed by atoms with van der Waals surface area (Å²) in [4.78, 5) is 28.8. The second-order valence-electron chi connectivity index (χ2n) is 6.40. The summed E-state index contributed by atoms with van der Waals surface area (Å²) >= 11 is 0. The molecule has 1 atom stereocenters. The van der Waals surface area contributed by atoms with Gasteiger partial charge in [-0.3, -0.25) is 9.59 Å². The van der Waals surface area contributed by atoms with Crippen molar-refractivity contribution in [1.29, 1.82) is 0 Å². The summed E-state index contributed by atoms with van der Waals surface area (Å²) in [5.41, 5.74) is 1.89. The number of anilines is 1. The molecular weight excluding hydrogens is 321 g/mol. The topological polar surface area (TPSA) is 65.2 Å². The number of aryl methyl sites for hydroxylation is 1. The number of H-pyrrole nitrogens is 1. The van der Waals surface area contributed by atoms with Crippen LogP contribution in [0.1, 0.15) is 29.4 Å². The second kappa shape index (κ2) is 7.51. The Kier molecular flexibility index (Phi) is 5.16. The number of benzene rings is 1. The predicted octanol–water partition coefficient (Wildman–Crippen LogP) is 2.33. The molecule has 1 aromatic carbocycles. The van der Waals surface area contributed by atoms with Crippen LogP contribution in [0.2, 0.25) is 0 Å². The second-order valence-corrected chi connectivity index (χ2v) is 6.40. The first-order valence-corrected chi connectivity index (χ1v) is 8.57. The third-order valence-electron chi connectivity index (χ3n) is 4.57. The number of amides is 1. The molecule has 3 rings (SSSR count).